The fourth-order valence-corrected chi connectivity index (χ4v) is 1.71. The van der Waals surface area contributed by atoms with Crippen molar-refractivity contribution in [1.29, 1.82) is 0 Å². The summed E-state index contributed by atoms with van der Waals surface area (Å²) in [7, 11) is 1.75. The molecule has 3 N–H and O–H groups in total. The Bertz CT molecular complexity index is 401. The first-order valence-corrected chi connectivity index (χ1v) is 4.41. The monoisotopic (exact) mass is 192 g/mol. The maximum Gasteiger partial charge on any atom is 0.254 e. The number of benzene rings is 1. The van der Waals surface area contributed by atoms with Gasteiger partial charge in [0, 0.05) is 30.4 Å². The topological polar surface area (TPSA) is 66.6 Å². The summed E-state index contributed by atoms with van der Waals surface area (Å²) in [4.78, 5) is 13.2. The van der Waals surface area contributed by atoms with Gasteiger partial charge in [-0.2, -0.15) is 0 Å². The van der Waals surface area contributed by atoms with E-state index in [0.29, 0.717) is 23.4 Å². The zero-order chi connectivity index (χ0) is 10.3. The summed E-state index contributed by atoms with van der Waals surface area (Å²) in [6.07, 6.45) is 0. The van der Waals surface area contributed by atoms with Crippen molar-refractivity contribution in [3.8, 4) is 0 Å². The van der Waals surface area contributed by atoms with Crippen molar-refractivity contribution in [2.45, 2.75) is 13.2 Å². The van der Waals surface area contributed by atoms with E-state index in [4.69, 9.17) is 10.8 Å². The molecule has 74 valence electrons. The molecular weight excluding hydrogens is 180 g/mol. The lowest BCUT2D eigenvalue weighted by Crippen LogP contribution is -2.17. The van der Waals surface area contributed by atoms with Crippen molar-refractivity contribution in [2.75, 3.05) is 12.8 Å². The first-order chi connectivity index (χ1) is 6.63. The molecule has 0 saturated carbocycles. The molecule has 1 aromatic rings. The van der Waals surface area contributed by atoms with Gasteiger partial charge in [0.2, 0.25) is 0 Å². The molecule has 4 heteroatoms. The van der Waals surface area contributed by atoms with Crippen LogP contribution in [0.15, 0.2) is 12.1 Å². The van der Waals surface area contributed by atoms with Crippen molar-refractivity contribution >= 4 is 11.6 Å². The number of anilines is 1. The number of hydrogen-bond acceptors (Lipinski definition) is 3. The minimum Gasteiger partial charge on any atom is -0.398 e. The molecule has 1 aliphatic heterocycles. The zero-order valence-electron chi connectivity index (χ0n) is 7.95. The summed E-state index contributed by atoms with van der Waals surface area (Å²) >= 11 is 0. The Hall–Kier alpha value is -1.55. The molecule has 0 unspecified atom stereocenters. The number of fused-ring (bicyclic) bond motifs is 1. The fraction of sp³-hybridized carbons (Fsp3) is 0.300. The van der Waals surface area contributed by atoms with Crippen LogP contribution in [0, 0.1) is 0 Å². The highest BCUT2D eigenvalue weighted by molar-refractivity contribution is 5.99. The summed E-state index contributed by atoms with van der Waals surface area (Å²) in [5, 5.41) is 9.00. The highest BCUT2D eigenvalue weighted by Gasteiger charge is 2.25. The number of nitrogens with zero attached hydrogens (tertiary/aromatic N) is 1. The number of carbonyl (C=O) groups is 1. The third-order valence-electron chi connectivity index (χ3n) is 2.52. The van der Waals surface area contributed by atoms with E-state index in [9.17, 15) is 4.79 Å². The van der Waals surface area contributed by atoms with Crippen molar-refractivity contribution in [3.05, 3.63) is 28.8 Å². The lowest BCUT2D eigenvalue weighted by atomic mass is 10.0. The number of hydrogen-bond donors (Lipinski definition) is 2. The highest BCUT2D eigenvalue weighted by atomic mass is 16.3. The summed E-state index contributed by atoms with van der Waals surface area (Å²) in [6, 6.07) is 3.44. The largest absolute Gasteiger partial charge is 0.398 e. The van der Waals surface area contributed by atoms with Gasteiger partial charge in [0.05, 0.1) is 6.61 Å². The van der Waals surface area contributed by atoms with Crippen LogP contribution >= 0.6 is 0 Å². The predicted octanol–water partition coefficient (Wildman–Crippen LogP) is 0.347. The molecule has 0 saturated heterocycles. The van der Waals surface area contributed by atoms with Gasteiger partial charge in [0.15, 0.2) is 0 Å². The third-order valence-corrected chi connectivity index (χ3v) is 2.52. The number of aliphatic hydroxyl groups is 1. The van der Waals surface area contributed by atoms with Crippen LogP contribution in [0.2, 0.25) is 0 Å². The van der Waals surface area contributed by atoms with E-state index in [1.807, 2.05) is 0 Å². The Morgan fingerprint density at radius 1 is 1.57 bits per heavy atom. The Kier molecular flexibility index (Phi) is 1.93. The van der Waals surface area contributed by atoms with Crippen molar-refractivity contribution < 1.29 is 9.90 Å². The van der Waals surface area contributed by atoms with Crippen LogP contribution in [0.3, 0.4) is 0 Å². The molecule has 0 aromatic heterocycles. The van der Waals surface area contributed by atoms with Crippen LogP contribution in [-0.4, -0.2) is 23.0 Å². The molecule has 0 bridgehead atoms. The Balaban J connectivity index is 2.54. The van der Waals surface area contributed by atoms with Crippen LogP contribution in [0.25, 0.3) is 0 Å². The number of carbonyl (C=O) groups excluding carboxylic acids is 1. The van der Waals surface area contributed by atoms with Gasteiger partial charge in [0.25, 0.3) is 5.91 Å². The maximum atomic E-state index is 11.6. The van der Waals surface area contributed by atoms with Gasteiger partial charge in [-0.15, -0.1) is 0 Å². The van der Waals surface area contributed by atoms with E-state index in [0.717, 1.165) is 5.56 Å². The molecular formula is C10H12N2O2. The molecule has 2 rings (SSSR count). The molecule has 0 aliphatic carbocycles. The standard InChI is InChI=1S/C10H12N2O2/c1-12-4-6-2-7(5-13)9(11)3-8(6)10(12)14/h2-3,13H,4-5,11H2,1H3. The van der Waals surface area contributed by atoms with E-state index in [-0.39, 0.29) is 12.5 Å². The molecule has 1 aromatic carbocycles. The minimum atomic E-state index is -0.0863. The van der Waals surface area contributed by atoms with Crippen LogP contribution in [0.4, 0.5) is 5.69 Å². The molecule has 0 radical (unpaired) electrons. The number of aliphatic hydroxyl groups excluding tert-OH is 1. The van der Waals surface area contributed by atoms with E-state index in [1.54, 1.807) is 24.1 Å². The molecule has 1 aliphatic rings. The number of rotatable bonds is 1. The van der Waals surface area contributed by atoms with Crippen LogP contribution < -0.4 is 5.73 Å². The van der Waals surface area contributed by atoms with E-state index in [2.05, 4.69) is 0 Å². The average molecular weight is 192 g/mol. The first-order valence-electron chi connectivity index (χ1n) is 4.41. The summed E-state index contributed by atoms with van der Waals surface area (Å²) < 4.78 is 0. The van der Waals surface area contributed by atoms with E-state index in [1.165, 1.54) is 0 Å². The average Bonchev–Trinajstić information content (AvgIpc) is 2.43. The predicted molar refractivity (Wildman–Crippen MR) is 52.6 cm³/mol. The van der Waals surface area contributed by atoms with Crippen LogP contribution in [0.5, 0.6) is 0 Å². The second-order valence-corrected chi connectivity index (χ2v) is 3.53. The fourth-order valence-electron chi connectivity index (χ4n) is 1.71. The van der Waals surface area contributed by atoms with Gasteiger partial charge in [-0.25, -0.2) is 0 Å². The second kappa shape index (κ2) is 2.99. The molecule has 14 heavy (non-hydrogen) atoms. The molecule has 1 amide bonds. The molecule has 4 nitrogen and oxygen atoms in total. The van der Waals surface area contributed by atoms with Gasteiger partial charge in [-0.05, 0) is 17.7 Å². The minimum absolute atomic E-state index is 0.00353. The lowest BCUT2D eigenvalue weighted by Gasteiger charge is -2.04. The number of amides is 1. The highest BCUT2D eigenvalue weighted by Crippen LogP contribution is 2.26. The van der Waals surface area contributed by atoms with Crippen molar-refractivity contribution in [3.63, 3.8) is 0 Å². The number of nitrogen functional groups attached to an aromatic ring is 1. The van der Waals surface area contributed by atoms with Gasteiger partial charge >= 0.3 is 0 Å². The van der Waals surface area contributed by atoms with Crippen LogP contribution in [-0.2, 0) is 13.2 Å². The van der Waals surface area contributed by atoms with Crippen molar-refractivity contribution in [2.24, 2.45) is 0 Å². The van der Waals surface area contributed by atoms with E-state index < -0.39 is 0 Å². The first kappa shape index (κ1) is 9.02. The van der Waals surface area contributed by atoms with E-state index >= 15 is 0 Å². The second-order valence-electron chi connectivity index (χ2n) is 3.53. The molecule has 0 atom stereocenters. The Morgan fingerprint density at radius 3 is 2.93 bits per heavy atom. The molecule has 0 spiro atoms. The Labute approximate surface area is 81.9 Å². The Morgan fingerprint density at radius 2 is 2.29 bits per heavy atom. The third kappa shape index (κ3) is 1.15. The van der Waals surface area contributed by atoms with Gasteiger partial charge in [0.1, 0.15) is 0 Å². The number of nitrogens with two attached hydrogens (primary N) is 1. The summed E-state index contributed by atoms with van der Waals surface area (Å²) in [5.74, 6) is -0.00353. The maximum absolute atomic E-state index is 11.6. The molecule has 0 fully saturated rings. The summed E-state index contributed by atoms with van der Waals surface area (Å²) in [5.41, 5.74) is 8.44. The van der Waals surface area contributed by atoms with Gasteiger partial charge in [-0.1, -0.05) is 0 Å². The SMILES string of the molecule is CN1Cc2cc(CO)c(N)cc2C1=O. The van der Waals surface area contributed by atoms with Crippen LogP contribution in [0.1, 0.15) is 21.5 Å². The quantitative estimate of drug-likeness (QED) is 0.631. The van der Waals surface area contributed by atoms with Gasteiger partial charge < -0.3 is 15.7 Å². The summed E-state index contributed by atoms with van der Waals surface area (Å²) in [6.45, 7) is 0.512. The zero-order valence-corrected chi connectivity index (χ0v) is 7.95. The smallest absolute Gasteiger partial charge is 0.254 e. The van der Waals surface area contributed by atoms with Crippen molar-refractivity contribution in [1.82, 2.24) is 4.90 Å². The molecule has 1 heterocycles. The normalized spacial score (nSPS) is 14.7. The lowest BCUT2D eigenvalue weighted by molar-refractivity contribution is 0.0816. The van der Waals surface area contributed by atoms with Gasteiger partial charge in [-0.3, -0.25) is 4.79 Å².